The van der Waals surface area contributed by atoms with Gasteiger partial charge in [-0.3, -0.25) is 0 Å². The van der Waals surface area contributed by atoms with Gasteiger partial charge in [-0.25, -0.2) is 13.4 Å². The molecule has 0 amide bonds. The van der Waals surface area contributed by atoms with Gasteiger partial charge in [0.2, 0.25) is 10.0 Å². The Morgan fingerprint density at radius 3 is 2.38 bits per heavy atom. The standard InChI is InChI=1S/C14H18N2O3S2/c1-11-14(20-10-15-11)7-16(2)21(18,19)9-13-5-3-12(8-17)4-6-13/h3-6,10,17H,7-9H2,1-2H3. The molecule has 1 N–H and O–H groups in total. The average Bonchev–Trinajstić information content (AvgIpc) is 2.85. The third-order valence-electron chi connectivity index (χ3n) is 3.24. The molecular formula is C14H18N2O3S2. The highest BCUT2D eigenvalue weighted by atomic mass is 32.2. The Bertz CT molecular complexity index is 693. The summed E-state index contributed by atoms with van der Waals surface area (Å²) in [6.45, 7) is 2.17. The molecule has 0 bridgehead atoms. The van der Waals surface area contributed by atoms with Gasteiger partial charge in [0.1, 0.15) is 0 Å². The van der Waals surface area contributed by atoms with Crippen molar-refractivity contribution in [3.05, 3.63) is 51.5 Å². The van der Waals surface area contributed by atoms with Gasteiger partial charge >= 0.3 is 0 Å². The summed E-state index contributed by atoms with van der Waals surface area (Å²) in [6, 6.07) is 6.93. The molecule has 2 aromatic rings. The van der Waals surface area contributed by atoms with Gasteiger partial charge in [-0.05, 0) is 18.1 Å². The van der Waals surface area contributed by atoms with Crippen LogP contribution in [-0.2, 0) is 28.9 Å². The third kappa shape index (κ3) is 4.10. The number of aliphatic hydroxyl groups excluding tert-OH is 1. The fourth-order valence-corrected chi connectivity index (χ4v) is 3.91. The summed E-state index contributed by atoms with van der Waals surface area (Å²) in [5.41, 5.74) is 4.07. The molecule has 0 atom stereocenters. The zero-order chi connectivity index (χ0) is 15.5. The molecule has 0 aliphatic rings. The number of sulfonamides is 1. The predicted molar refractivity (Wildman–Crippen MR) is 83.3 cm³/mol. The fraction of sp³-hybridized carbons (Fsp3) is 0.357. The molecule has 7 heteroatoms. The number of aliphatic hydroxyl groups is 1. The monoisotopic (exact) mass is 326 g/mol. The first-order valence-corrected chi connectivity index (χ1v) is 8.93. The second-order valence-corrected chi connectivity index (χ2v) is 7.86. The summed E-state index contributed by atoms with van der Waals surface area (Å²) >= 11 is 1.46. The number of thiazole rings is 1. The maximum atomic E-state index is 12.4. The minimum atomic E-state index is -3.38. The van der Waals surface area contributed by atoms with Crippen molar-refractivity contribution in [1.29, 1.82) is 0 Å². The quantitative estimate of drug-likeness (QED) is 0.880. The smallest absolute Gasteiger partial charge is 0.218 e. The van der Waals surface area contributed by atoms with Crippen LogP contribution in [0.25, 0.3) is 0 Å². The molecule has 21 heavy (non-hydrogen) atoms. The Kier molecular flexibility index (Phi) is 5.10. The van der Waals surface area contributed by atoms with Crippen molar-refractivity contribution in [3.63, 3.8) is 0 Å². The van der Waals surface area contributed by atoms with Crippen LogP contribution >= 0.6 is 11.3 Å². The van der Waals surface area contributed by atoms with Crippen LogP contribution in [0.1, 0.15) is 21.7 Å². The van der Waals surface area contributed by atoms with Gasteiger partial charge in [0.15, 0.2) is 0 Å². The Labute approximate surface area is 128 Å². The number of aromatic nitrogens is 1. The molecule has 1 aromatic heterocycles. The van der Waals surface area contributed by atoms with Crippen LogP contribution in [-0.4, -0.2) is 29.9 Å². The van der Waals surface area contributed by atoms with E-state index in [-0.39, 0.29) is 12.4 Å². The highest BCUT2D eigenvalue weighted by Gasteiger charge is 2.20. The Balaban J connectivity index is 2.08. The zero-order valence-electron chi connectivity index (χ0n) is 12.0. The van der Waals surface area contributed by atoms with E-state index in [1.807, 2.05) is 6.92 Å². The first-order valence-electron chi connectivity index (χ1n) is 6.44. The number of aryl methyl sites for hydroxylation is 1. The van der Waals surface area contributed by atoms with Gasteiger partial charge in [0, 0.05) is 18.5 Å². The highest BCUT2D eigenvalue weighted by Crippen LogP contribution is 2.18. The largest absolute Gasteiger partial charge is 0.392 e. The van der Waals surface area contributed by atoms with Crippen LogP contribution in [0.3, 0.4) is 0 Å². The summed E-state index contributed by atoms with van der Waals surface area (Å²) in [6.07, 6.45) is 0. The second-order valence-electron chi connectivity index (χ2n) is 4.85. The molecule has 0 aliphatic heterocycles. The Hall–Kier alpha value is -1.28. The molecule has 0 spiro atoms. The first-order chi connectivity index (χ1) is 9.92. The average molecular weight is 326 g/mol. The SMILES string of the molecule is Cc1ncsc1CN(C)S(=O)(=O)Cc1ccc(CO)cc1. The van der Waals surface area contributed by atoms with Crippen LogP contribution in [0.15, 0.2) is 29.8 Å². The van der Waals surface area contributed by atoms with E-state index in [9.17, 15) is 8.42 Å². The van der Waals surface area contributed by atoms with Crippen LogP contribution in [0.4, 0.5) is 0 Å². The van der Waals surface area contributed by atoms with Crippen LogP contribution in [0, 0.1) is 6.92 Å². The van der Waals surface area contributed by atoms with Gasteiger partial charge < -0.3 is 5.11 Å². The molecule has 0 saturated carbocycles. The second kappa shape index (κ2) is 6.65. The molecular weight excluding hydrogens is 308 g/mol. The van der Waals surface area contributed by atoms with E-state index in [0.717, 1.165) is 16.1 Å². The predicted octanol–water partition coefficient (Wildman–Crippen LogP) is 1.91. The van der Waals surface area contributed by atoms with Crippen LogP contribution in [0.2, 0.25) is 0 Å². The van der Waals surface area contributed by atoms with Crippen LogP contribution in [0.5, 0.6) is 0 Å². The summed E-state index contributed by atoms with van der Waals surface area (Å²) in [5, 5.41) is 8.99. The molecule has 5 nitrogen and oxygen atoms in total. The first kappa shape index (κ1) is 16.1. The number of rotatable bonds is 6. The van der Waals surface area contributed by atoms with Gasteiger partial charge in [0.05, 0.1) is 23.6 Å². The van der Waals surface area contributed by atoms with Crippen molar-refractivity contribution in [2.24, 2.45) is 0 Å². The summed E-state index contributed by atoms with van der Waals surface area (Å²) < 4.78 is 26.1. The molecule has 114 valence electrons. The maximum Gasteiger partial charge on any atom is 0.218 e. The molecule has 1 aromatic carbocycles. The molecule has 0 fully saturated rings. The van der Waals surface area contributed by atoms with Gasteiger partial charge in [-0.15, -0.1) is 11.3 Å². The lowest BCUT2D eigenvalue weighted by Gasteiger charge is -2.16. The summed E-state index contributed by atoms with van der Waals surface area (Å²) in [4.78, 5) is 5.08. The van der Waals surface area contributed by atoms with Crippen molar-refractivity contribution < 1.29 is 13.5 Å². The number of nitrogens with zero attached hydrogens (tertiary/aromatic N) is 2. The maximum absolute atomic E-state index is 12.4. The normalized spacial score (nSPS) is 12.0. The lowest BCUT2D eigenvalue weighted by molar-refractivity contribution is 0.282. The van der Waals surface area contributed by atoms with E-state index in [4.69, 9.17) is 5.11 Å². The van der Waals surface area contributed by atoms with Gasteiger partial charge in [-0.2, -0.15) is 4.31 Å². The summed E-state index contributed by atoms with van der Waals surface area (Å²) in [5.74, 6) is -0.0486. The van der Waals surface area contributed by atoms with E-state index in [1.54, 1.807) is 36.8 Å². The molecule has 0 saturated heterocycles. The summed E-state index contributed by atoms with van der Waals surface area (Å²) in [7, 11) is -1.80. The van der Waals surface area contributed by atoms with Gasteiger partial charge in [-0.1, -0.05) is 24.3 Å². The van der Waals surface area contributed by atoms with E-state index < -0.39 is 10.0 Å². The molecule has 0 aliphatic carbocycles. The van der Waals surface area contributed by atoms with E-state index >= 15 is 0 Å². The van der Waals surface area contributed by atoms with E-state index in [1.165, 1.54) is 15.6 Å². The Morgan fingerprint density at radius 1 is 1.24 bits per heavy atom. The molecule has 1 heterocycles. The van der Waals surface area contributed by atoms with Crippen molar-refractivity contribution >= 4 is 21.4 Å². The minimum Gasteiger partial charge on any atom is -0.392 e. The number of hydrogen-bond donors (Lipinski definition) is 1. The van der Waals surface area contributed by atoms with E-state index in [2.05, 4.69) is 4.98 Å². The van der Waals surface area contributed by atoms with Crippen molar-refractivity contribution in [2.45, 2.75) is 25.8 Å². The molecule has 0 unspecified atom stereocenters. The van der Waals surface area contributed by atoms with Crippen molar-refractivity contribution in [2.75, 3.05) is 7.05 Å². The zero-order valence-corrected chi connectivity index (χ0v) is 13.6. The Morgan fingerprint density at radius 2 is 1.86 bits per heavy atom. The topological polar surface area (TPSA) is 70.5 Å². The fourth-order valence-electron chi connectivity index (χ4n) is 1.84. The number of benzene rings is 1. The van der Waals surface area contributed by atoms with Crippen molar-refractivity contribution in [3.8, 4) is 0 Å². The molecule has 0 radical (unpaired) electrons. The highest BCUT2D eigenvalue weighted by molar-refractivity contribution is 7.88. The minimum absolute atomic E-state index is 0.0441. The number of hydrogen-bond acceptors (Lipinski definition) is 5. The lowest BCUT2D eigenvalue weighted by atomic mass is 10.2. The van der Waals surface area contributed by atoms with Gasteiger partial charge in [0.25, 0.3) is 0 Å². The van der Waals surface area contributed by atoms with Crippen molar-refractivity contribution in [1.82, 2.24) is 9.29 Å². The molecule has 2 rings (SSSR count). The van der Waals surface area contributed by atoms with E-state index in [0.29, 0.717) is 12.1 Å². The lowest BCUT2D eigenvalue weighted by Crippen LogP contribution is -2.27. The third-order valence-corrected chi connectivity index (χ3v) is 5.94. The van der Waals surface area contributed by atoms with Crippen LogP contribution < -0.4 is 0 Å².